The number of nitrogens with one attached hydrogen (secondary N) is 1. The van der Waals surface area contributed by atoms with Crippen molar-refractivity contribution in [1.29, 1.82) is 0 Å². The Labute approximate surface area is 128 Å². The lowest BCUT2D eigenvalue weighted by atomic mass is 9.98. The number of hydrogen-bond acceptors (Lipinski definition) is 4. The maximum Gasteiger partial charge on any atom is 0.255 e. The highest BCUT2D eigenvalue weighted by molar-refractivity contribution is 6.06. The molecule has 22 heavy (non-hydrogen) atoms. The van der Waals surface area contributed by atoms with Crippen LogP contribution in [-0.4, -0.2) is 42.0 Å². The van der Waals surface area contributed by atoms with Gasteiger partial charge in [-0.15, -0.1) is 0 Å². The summed E-state index contributed by atoms with van der Waals surface area (Å²) < 4.78 is 0. The molecule has 1 aliphatic heterocycles. The van der Waals surface area contributed by atoms with Gasteiger partial charge in [0, 0.05) is 19.0 Å². The first kappa shape index (κ1) is 15.9. The number of aryl methyl sites for hydroxylation is 1. The first-order valence-electron chi connectivity index (χ1n) is 7.17. The quantitative estimate of drug-likeness (QED) is 0.662. The number of carbonyl (C=O) groups excluding carboxylic acids is 4. The van der Waals surface area contributed by atoms with Crippen molar-refractivity contribution in [3.63, 3.8) is 0 Å². The molecule has 6 heteroatoms. The van der Waals surface area contributed by atoms with Crippen LogP contribution in [0.2, 0.25) is 0 Å². The van der Waals surface area contributed by atoms with Crippen LogP contribution < -0.4 is 5.32 Å². The highest BCUT2D eigenvalue weighted by Gasteiger charge is 2.33. The summed E-state index contributed by atoms with van der Waals surface area (Å²) in [5.74, 6) is -1.21. The third-order valence-electron chi connectivity index (χ3n) is 3.92. The first-order chi connectivity index (χ1) is 10.5. The minimum Gasteiger partial charge on any atom is -0.330 e. The summed E-state index contributed by atoms with van der Waals surface area (Å²) in [5.41, 5.74) is 1.42. The number of hydrogen-bond donors (Lipinski definition) is 1. The molecule has 0 aromatic heterocycles. The zero-order valence-electron chi connectivity index (χ0n) is 12.6. The fourth-order valence-electron chi connectivity index (χ4n) is 2.63. The molecule has 2 rings (SSSR count). The lowest BCUT2D eigenvalue weighted by Gasteiger charge is -2.30. The number of amides is 3. The molecule has 1 N–H and O–H groups in total. The Balaban J connectivity index is 2.30. The van der Waals surface area contributed by atoms with Crippen molar-refractivity contribution < 1.29 is 19.2 Å². The molecule has 1 aromatic carbocycles. The smallest absolute Gasteiger partial charge is 0.255 e. The Hall–Kier alpha value is -2.50. The topological polar surface area (TPSA) is 83.6 Å². The van der Waals surface area contributed by atoms with Gasteiger partial charge in [-0.05, 0) is 24.5 Å². The molecule has 0 saturated carbocycles. The fourth-order valence-corrected chi connectivity index (χ4v) is 2.63. The van der Waals surface area contributed by atoms with Gasteiger partial charge in [0.1, 0.15) is 6.04 Å². The standard InChI is InChI=1S/C16H18N2O4/c1-3-10-5-4-6-11(12(10)9-19)16(22)18(2)13-7-8-14(20)17-15(13)21/h4-6,9,13H,3,7-8H2,1-2H3,(H,17,20,21). The Morgan fingerprint density at radius 1 is 1.41 bits per heavy atom. The summed E-state index contributed by atoms with van der Waals surface area (Å²) in [5, 5.41) is 2.23. The van der Waals surface area contributed by atoms with E-state index in [4.69, 9.17) is 0 Å². The summed E-state index contributed by atoms with van der Waals surface area (Å²) in [6, 6.07) is 4.40. The van der Waals surface area contributed by atoms with Crippen LogP contribution in [0.15, 0.2) is 18.2 Å². The van der Waals surface area contributed by atoms with Gasteiger partial charge in [-0.1, -0.05) is 19.1 Å². The van der Waals surface area contributed by atoms with Crippen molar-refractivity contribution in [3.8, 4) is 0 Å². The van der Waals surface area contributed by atoms with Crippen LogP contribution in [0.25, 0.3) is 0 Å². The molecule has 0 radical (unpaired) electrons. The van der Waals surface area contributed by atoms with Gasteiger partial charge in [0.05, 0.1) is 5.56 Å². The van der Waals surface area contributed by atoms with Crippen molar-refractivity contribution in [2.24, 2.45) is 0 Å². The number of benzene rings is 1. The summed E-state index contributed by atoms with van der Waals surface area (Å²) >= 11 is 0. The molecule has 1 heterocycles. The molecule has 1 atom stereocenters. The van der Waals surface area contributed by atoms with E-state index in [1.165, 1.54) is 11.9 Å². The summed E-state index contributed by atoms with van der Waals surface area (Å²) in [7, 11) is 1.51. The van der Waals surface area contributed by atoms with Gasteiger partial charge < -0.3 is 4.90 Å². The molecule has 6 nitrogen and oxygen atoms in total. The van der Waals surface area contributed by atoms with Gasteiger partial charge in [0.25, 0.3) is 5.91 Å². The largest absolute Gasteiger partial charge is 0.330 e. The lowest BCUT2D eigenvalue weighted by Crippen LogP contribution is -2.53. The molecule has 0 spiro atoms. The van der Waals surface area contributed by atoms with Crippen LogP contribution in [-0.2, 0) is 16.0 Å². The molecule has 1 aromatic rings. The zero-order valence-corrected chi connectivity index (χ0v) is 12.6. The van der Waals surface area contributed by atoms with E-state index in [0.717, 1.165) is 5.56 Å². The van der Waals surface area contributed by atoms with Crippen molar-refractivity contribution in [3.05, 3.63) is 34.9 Å². The lowest BCUT2D eigenvalue weighted by molar-refractivity contribution is -0.136. The molecule has 116 valence electrons. The van der Waals surface area contributed by atoms with Crippen molar-refractivity contribution in [2.45, 2.75) is 32.2 Å². The molecule has 0 bridgehead atoms. The summed E-state index contributed by atoms with van der Waals surface area (Å²) in [6.45, 7) is 1.90. The summed E-state index contributed by atoms with van der Waals surface area (Å²) in [6.07, 6.45) is 1.79. The van der Waals surface area contributed by atoms with Crippen LogP contribution in [0.3, 0.4) is 0 Å². The van der Waals surface area contributed by atoms with E-state index in [2.05, 4.69) is 5.32 Å². The third kappa shape index (κ3) is 2.90. The molecular weight excluding hydrogens is 284 g/mol. The molecule has 1 saturated heterocycles. The zero-order chi connectivity index (χ0) is 16.3. The molecule has 1 aliphatic rings. The summed E-state index contributed by atoms with van der Waals surface area (Å²) in [4.78, 5) is 48.3. The van der Waals surface area contributed by atoms with Crippen LogP contribution in [0, 0.1) is 0 Å². The number of piperidine rings is 1. The monoisotopic (exact) mass is 302 g/mol. The second kappa shape index (κ2) is 6.51. The van der Waals surface area contributed by atoms with E-state index >= 15 is 0 Å². The van der Waals surface area contributed by atoms with Gasteiger partial charge in [-0.3, -0.25) is 24.5 Å². The number of rotatable bonds is 4. The van der Waals surface area contributed by atoms with Crippen molar-refractivity contribution in [1.82, 2.24) is 10.2 Å². The normalized spacial score (nSPS) is 17.8. The maximum atomic E-state index is 12.6. The molecule has 1 unspecified atom stereocenters. The second-order valence-electron chi connectivity index (χ2n) is 5.23. The Bertz CT molecular complexity index is 639. The van der Waals surface area contributed by atoms with E-state index in [1.807, 2.05) is 6.92 Å². The Kier molecular flexibility index (Phi) is 4.70. The van der Waals surface area contributed by atoms with Gasteiger partial charge in [0.2, 0.25) is 11.8 Å². The highest BCUT2D eigenvalue weighted by atomic mass is 16.2. The number of nitrogens with zero attached hydrogens (tertiary/aromatic N) is 1. The number of imide groups is 1. The minimum absolute atomic E-state index is 0.198. The van der Waals surface area contributed by atoms with Gasteiger partial charge in [0.15, 0.2) is 6.29 Å². The maximum absolute atomic E-state index is 12.6. The van der Waals surface area contributed by atoms with Gasteiger partial charge in [-0.2, -0.15) is 0 Å². The average Bonchev–Trinajstić information content (AvgIpc) is 2.52. The van der Waals surface area contributed by atoms with E-state index in [9.17, 15) is 19.2 Å². The van der Waals surface area contributed by atoms with Crippen LogP contribution in [0.5, 0.6) is 0 Å². The average molecular weight is 302 g/mol. The van der Waals surface area contributed by atoms with Crippen LogP contribution in [0.1, 0.15) is 46.0 Å². The predicted octanol–water partition coefficient (Wildman–Crippen LogP) is 0.939. The van der Waals surface area contributed by atoms with Crippen LogP contribution in [0.4, 0.5) is 0 Å². The number of likely N-dealkylation sites (N-methyl/N-ethyl adjacent to an activating group) is 1. The molecule has 1 fully saturated rings. The third-order valence-corrected chi connectivity index (χ3v) is 3.92. The fraction of sp³-hybridized carbons (Fsp3) is 0.375. The van der Waals surface area contributed by atoms with Gasteiger partial charge >= 0.3 is 0 Å². The number of carbonyl (C=O) groups is 4. The van der Waals surface area contributed by atoms with Gasteiger partial charge in [-0.25, -0.2) is 0 Å². The molecule has 3 amide bonds. The van der Waals surface area contributed by atoms with Crippen LogP contribution >= 0.6 is 0 Å². The van der Waals surface area contributed by atoms with E-state index in [-0.39, 0.29) is 24.3 Å². The van der Waals surface area contributed by atoms with E-state index < -0.39 is 17.9 Å². The van der Waals surface area contributed by atoms with E-state index in [0.29, 0.717) is 18.3 Å². The molecule has 0 aliphatic carbocycles. The van der Waals surface area contributed by atoms with E-state index in [1.54, 1.807) is 18.2 Å². The Morgan fingerprint density at radius 3 is 2.73 bits per heavy atom. The highest BCUT2D eigenvalue weighted by Crippen LogP contribution is 2.19. The second-order valence-corrected chi connectivity index (χ2v) is 5.23. The number of aldehydes is 1. The Morgan fingerprint density at radius 2 is 2.14 bits per heavy atom. The van der Waals surface area contributed by atoms with Crippen molar-refractivity contribution >= 4 is 24.0 Å². The predicted molar refractivity (Wildman–Crippen MR) is 79.5 cm³/mol. The SMILES string of the molecule is CCc1cccc(C(=O)N(C)C2CCC(=O)NC2=O)c1C=O. The first-order valence-corrected chi connectivity index (χ1v) is 7.17. The minimum atomic E-state index is -0.699. The van der Waals surface area contributed by atoms with Crippen molar-refractivity contribution in [2.75, 3.05) is 7.05 Å². The molecular formula is C16H18N2O4.